The van der Waals surface area contributed by atoms with Gasteiger partial charge in [-0.2, -0.15) is 5.10 Å². The average molecular weight is 204 g/mol. The Balaban J connectivity index is 2.09. The smallest absolute Gasteiger partial charge is 0.240 e. The standard InChI is InChI=1S/C11H9FN2O/c12-8-1-2-9-6(4-8)3-7-5-10(15)13-14-11(7)9/h1-2,4,7H,3,5H2,(H,13,15). The fourth-order valence-electron chi connectivity index (χ4n) is 2.28. The van der Waals surface area contributed by atoms with Crippen LogP contribution in [0.3, 0.4) is 0 Å². The molecule has 76 valence electrons. The average Bonchev–Trinajstić information content (AvgIpc) is 2.53. The number of amides is 1. The first-order valence-electron chi connectivity index (χ1n) is 4.89. The van der Waals surface area contributed by atoms with Crippen molar-refractivity contribution in [3.63, 3.8) is 0 Å². The van der Waals surface area contributed by atoms with Crippen LogP contribution in [0.4, 0.5) is 4.39 Å². The number of hydrazone groups is 1. The van der Waals surface area contributed by atoms with Gasteiger partial charge >= 0.3 is 0 Å². The molecular formula is C11H9FN2O. The molecule has 0 aromatic heterocycles. The number of fused-ring (bicyclic) bond motifs is 3. The van der Waals surface area contributed by atoms with E-state index < -0.39 is 0 Å². The molecule has 1 aromatic carbocycles. The zero-order chi connectivity index (χ0) is 10.4. The molecule has 1 aliphatic heterocycles. The fourth-order valence-corrected chi connectivity index (χ4v) is 2.28. The van der Waals surface area contributed by atoms with Crippen LogP contribution in [0.15, 0.2) is 23.3 Å². The van der Waals surface area contributed by atoms with E-state index in [-0.39, 0.29) is 17.6 Å². The Bertz CT molecular complexity index is 481. The maximum absolute atomic E-state index is 13.0. The summed E-state index contributed by atoms with van der Waals surface area (Å²) in [7, 11) is 0. The Kier molecular flexibility index (Phi) is 1.65. The number of carbonyl (C=O) groups is 1. The van der Waals surface area contributed by atoms with Crippen LogP contribution >= 0.6 is 0 Å². The number of carbonyl (C=O) groups excluding carboxylic acids is 1. The van der Waals surface area contributed by atoms with Crippen LogP contribution in [0, 0.1) is 11.7 Å². The van der Waals surface area contributed by atoms with Gasteiger partial charge in [0, 0.05) is 17.9 Å². The van der Waals surface area contributed by atoms with Gasteiger partial charge in [-0.25, -0.2) is 9.82 Å². The predicted octanol–water partition coefficient (Wildman–Crippen LogP) is 1.22. The van der Waals surface area contributed by atoms with E-state index in [2.05, 4.69) is 10.5 Å². The van der Waals surface area contributed by atoms with Crippen LogP contribution in [0.1, 0.15) is 17.5 Å². The Morgan fingerprint density at radius 2 is 2.27 bits per heavy atom. The number of halogens is 1. The number of nitrogens with zero attached hydrogens (tertiary/aromatic N) is 1. The highest BCUT2D eigenvalue weighted by atomic mass is 19.1. The van der Waals surface area contributed by atoms with Gasteiger partial charge in [0.05, 0.1) is 5.71 Å². The highest BCUT2D eigenvalue weighted by Gasteiger charge is 2.33. The van der Waals surface area contributed by atoms with Crippen LogP contribution in [0.5, 0.6) is 0 Å². The molecule has 1 N–H and O–H groups in total. The molecule has 4 heteroatoms. The summed E-state index contributed by atoms with van der Waals surface area (Å²) in [5.74, 6) is -0.153. The summed E-state index contributed by atoms with van der Waals surface area (Å²) in [6.07, 6.45) is 1.18. The molecule has 1 atom stereocenters. The van der Waals surface area contributed by atoms with Crippen LogP contribution in [-0.4, -0.2) is 11.6 Å². The van der Waals surface area contributed by atoms with Crippen LogP contribution < -0.4 is 5.43 Å². The second kappa shape index (κ2) is 2.89. The molecule has 0 fully saturated rings. The zero-order valence-corrected chi connectivity index (χ0v) is 7.96. The van der Waals surface area contributed by atoms with Gasteiger partial charge in [0.25, 0.3) is 0 Å². The summed E-state index contributed by atoms with van der Waals surface area (Å²) in [6, 6.07) is 4.70. The number of nitrogens with one attached hydrogen (secondary N) is 1. The van der Waals surface area contributed by atoms with Crippen molar-refractivity contribution in [2.75, 3.05) is 0 Å². The Labute approximate surface area is 86.0 Å². The van der Waals surface area contributed by atoms with Gasteiger partial charge in [-0.15, -0.1) is 0 Å². The first-order valence-corrected chi connectivity index (χ1v) is 4.89. The van der Waals surface area contributed by atoms with Gasteiger partial charge in [0.1, 0.15) is 5.82 Å². The minimum absolute atomic E-state index is 0.0583. The van der Waals surface area contributed by atoms with E-state index in [1.165, 1.54) is 12.1 Å². The zero-order valence-electron chi connectivity index (χ0n) is 7.96. The molecule has 2 aliphatic rings. The lowest BCUT2D eigenvalue weighted by molar-refractivity contribution is -0.121. The van der Waals surface area contributed by atoms with Crippen molar-refractivity contribution in [2.45, 2.75) is 12.8 Å². The van der Waals surface area contributed by atoms with Crippen molar-refractivity contribution < 1.29 is 9.18 Å². The molecule has 1 amide bonds. The van der Waals surface area contributed by atoms with Crippen molar-refractivity contribution in [1.82, 2.24) is 5.43 Å². The quantitative estimate of drug-likeness (QED) is 0.678. The van der Waals surface area contributed by atoms with E-state index in [0.717, 1.165) is 23.3 Å². The van der Waals surface area contributed by atoms with E-state index in [4.69, 9.17) is 0 Å². The van der Waals surface area contributed by atoms with Gasteiger partial charge in [-0.1, -0.05) is 0 Å². The third-order valence-corrected chi connectivity index (χ3v) is 2.93. The summed E-state index contributed by atoms with van der Waals surface area (Å²) in [4.78, 5) is 11.1. The molecule has 0 spiro atoms. The Morgan fingerprint density at radius 3 is 3.13 bits per heavy atom. The molecule has 1 aromatic rings. The van der Waals surface area contributed by atoms with Gasteiger partial charge in [-0.05, 0) is 30.2 Å². The molecule has 1 heterocycles. The molecular weight excluding hydrogens is 195 g/mol. The van der Waals surface area contributed by atoms with Gasteiger partial charge in [-0.3, -0.25) is 4.79 Å². The van der Waals surface area contributed by atoms with Crippen LogP contribution in [0.2, 0.25) is 0 Å². The largest absolute Gasteiger partial charge is 0.273 e. The maximum Gasteiger partial charge on any atom is 0.240 e. The molecule has 0 bridgehead atoms. The SMILES string of the molecule is O=C1CC2Cc3cc(F)ccc3C2=NN1. The molecule has 0 radical (unpaired) electrons. The summed E-state index contributed by atoms with van der Waals surface area (Å²) >= 11 is 0. The highest BCUT2D eigenvalue weighted by molar-refractivity contribution is 6.09. The minimum atomic E-state index is -0.229. The topological polar surface area (TPSA) is 41.5 Å². The van der Waals surface area contributed by atoms with E-state index in [9.17, 15) is 9.18 Å². The summed E-state index contributed by atoms with van der Waals surface area (Å²) < 4.78 is 13.0. The summed E-state index contributed by atoms with van der Waals surface area (Å²) in [6.45, 7) is 0. The van der Waals surface area contributed by atoms with E-state index in [0.29, 0.717) is 6.42 Å². The third kappa shape index (κ3) is 1.25. The lowest BCUT2D eigenvalue weighted by atomic mass is 9.99. The van der Waals surface area contributed by atoms with E-state index in [1.807, 2.05) is 0 Å². The predicted molar refractivity (Wildman–Crippen MR) is 52.9 cm³/mol. The van der Waals surface area contributed by atoms with Crippen molar-refractivity contribution in [2.24, 2.45) is 11.0 Å². The molecule has 1 aliphatic carbocycles. The fraction of sp³-hybridized carbons (Fsp3) is 0.273. The van der Waals surface area contributed by atoms with Crippen molar-refractivity contribution >= 4 is 11.6 Å². The lowest BCUT2D eigenvalue weighted by Gasteiger charge is -2.15. The summed E-state index contributed by atoms with van der Waals surface area (Å²) in [5, 5.41) is 4.04. The van der Waals surface area contributed by atoms with Crippen LogP contribution in [0.25, 0.3) is 0 Å². The van der Waals surface area contributed by atoms with Gasteiger partial charge in [0.15, 0.2) is 0 Å². The molecule has 3 rings (SSSR count). The van der Waals surface area contributed by atoms with Gasteiger partial charge in [0.2, 0.25) is 5.91 Å². The molecule has 1 unspecified atom stereocenters. The van der Waals surface area contributed by atoms with Crippen molar-refractivity contribution in [1.29, 1.82) is 0 Å². The van der Waals surface area contributed by atoms with E-state index in [1.54, 1.807) is 6.07 Å². The molecule has 0 saturated heterocycles. The molecule has 3 nitrogen and oxygen atoms in total. The lowest BCUT2D eigenvalue weighted by Crippen LogP contribution is -2.31. The minimum Gasteiger partial charge on any atom is -0.273 e. The third-order valence-electron chi connectivity index (χ3n) is 2.93. The van der Waals surface area contributed by atoms with Crippen molar-refractivity contribution in [3.05, 3.63) is 35.1 Å². The van der Waals surface area contributed by atoms with Crippen molar-refractivity contribution in [3.8, 4) is 0 Å². The second-order valence-corrected chi connectivity index (χ2v) is 3.94. The maximum atomic E-state index is 13.0. The highest BCUT2D eigenvalue weighted by Crippen LogP contribution is 2.31. The Hall–Kier alpha value is -1.71. The number of hydrogen-bond donors (Lipinski definition) is 1. The first kappa shape index (κ1) is 8.59. The number of hydrogen-bond acceptors (Lipinski definition) is 2. The second-order valence-electron chi connectivity index (χ2n) is 3.94. The molecule has 0 saturated carbocycles. The summed E-state index contributed by atoms with van der Waals surface area (Å²) in [5.41, 5.74) is 5.28. The monoisotopic (exact) mass is 204 g/mol. The number of benzene rings is 1. The first-order chi connectivity index (χ1) is 7.24. The number of rotatable bonds is 0. The Morgan fingerprint density at radius 1 is 1.40 bits per heavy atom. The van der Waals surface area contributed by atoms with E-state index >= 15 is 0 Å². The van der Waals surface area contributed by atoms with Crippen LogP contribution in [-0.2, 0) is 11.2 Å². The van der Waals surface area contributed by atoms with Gasteiger partial charge < -0.3 is 0 Å². The normalized spacial score (nSPS) is 22.9. The molecule has 15 heavy (non-hydrogen) atoms.